The molecule has 0 aromatic heterocycles. The van der Waals surface area contributed by atoms with Crippen LogP contribution in [0.15, 0.2) is 41.0 Å². The van der Waals surface area contributed by atoms with Crippen LogP contribution in [0.3, 0.4) is 0 Å². The quantitative estimate of drug-likeness (QED) is 0.347. The Morgan fingerprint density at radius 3 is 1.76 bits per heavy atom. The van der Waals surface area contributed by atoms with Crippen molar-refractivity contribution in [2.75, 3.05) is 0 Å². The Hall–Kier alpha value is -0.176. The Labute approximate surface area is 182 Å². The van der Waals surface area contributed by atoms with Gasteiger partial charge in [-0.3, -0.25) is 0 Å². The van der Waals surface area contributed by atoms with Gasteiger partial charge in [-0.2, -0.15) is 18.1 Å². The van der Waals surface area contributed by atoms with Gasteiger partial charge in [-0.05, 0) is 32.3 Å². The molecule has 0 bridgehead atoms. The largest absolute Gasteiger partial charge is 2.00 e. The molecule has 0 saturated carbocycles. The average molecular weight is 418 g/mol. The van der Waals surface area contributed by atoms with Crippen LogP contribution in [0.5, 0.6) is 0 Å². The number of benzene rings is 1. The molecule has 0 spiro atoms. The van der Waals surface area contributed by atoms with E-state index in [0.29, 0.717) is 5.92 Å². The maximum absolute atomic E-state index is 6.94. The summed E-state index contributed by atoms with van der Waals surface area (Å²) in [5.74, 6) is 0.552. The Morgan fingerprint density at radius 1 is 0.960 bits per heavy atom. The molecule has 0 saturated heterocycles. The predicted octanol–water partition coefficient (Wildman–Crippen LogP) is 7.70. The normalized spacial score (nSPS) is 16.1. The molecular weight excluding hydrogens is 385 g/mol. The molecule has 2 rings (SSSR count). The molecule has 1 aliphatic carbocycles. The Morgan fingerprint density at radius 2 is 1.40 bits per heavy atom. The van der Waals surface area contributed by atoms with Crippen molar-refractivity contribution in [1.82, 2.24) is 0 Å². The molecule has 0 amide bonds. The number of hydrogen-bond acceptors (Lipinski definition) is 0. The van der Waals surface area contributed by atoms with Gasteiger partial charge < -0.3 is 5.73 Å². The fraction of sp³-hybridized carbons (Fsp3) is 0.476. The van der Waals surface area contributed by atoms with Crippen LogP contribution >= 0.6 is 24.8 Å². The number of halogens is 2. The van der Waals surface area contributed by atoms with E-state index >= 15 is 0 Å². The van der Waals surface area contributed by atoms with E-state index in [-0.39, 0.29) is 52.1 Å². The van der Waals surface area contributed by atoms with Crippen LogP contribution < -0.4 is 0 Å². The molecular formula is C21H33Cl2NTi. The van der Waals surface area contributed by atoms with Gasteiger partial charge >= 0.3 is 21.7 Å². The van der Waals surface area contributed by atoms with Gasteiger partial charge in [-0.25, -0.2) is 0 Å². The number of rotatable bonds is 2. The average Bonchev–Trinajstić information content (AvgIpc) is 2.61. The molecule has 1 N–H and O–H groups in total. The van der Waals surface area contributed by atoms with E-state index in [9.17, 15) is 0 Å². The summed E-state index contributed by atoms with van der Waals surface area (Å²) in [5.41, 5.74) is 15.4. The van der Waals surface area contributed by atoms with Gasteiger partial charge in [0.1, 0.15) is 0 Å². The standard InChI is InChI=1S/C17H21.C4H10N.2ClH.Ti/c1-6-15-9-7-8-10-16(15)17-13(4)11(2)12(3)14(17)5;1-4(2,3)5;;;/h6-10,13H,1-5H3;5H,1-3H3;2*1H;/q2*-1;;;+2. The second-order valence-corrected chi connectivity index (χ2v) is 7.19. The van der Waals surface area contributed by atoms with E-state index in [1.54, 1.807) is 0 Å². The fourth-order valence-corrected chi connectivity index (χ4v) is 2.79. The van der Waals surface area contributed by atoms with Gasteiger partial charge in [0.25, 0.3) is 0 Å². The molecule has 25 heavy (non-hydrogen) atoms. The molecule has 140 valence electrons. The van der Waals surface area contributed by atoms with Crippen molar-refractivity contribution in [3.05, 3.63) is 64.3 Å². The molecule has 1 aliphatic rings. The molecule has 1 atom stereocenters. The third kappa shape index (κ3) is 8.37. The molecule has 1 aromatic rings. The minimum absolute atomic E-state index is 0. The van der Waals surface area contributed by atoms with Crippen molar-refractivity contribution in [3.63, 3.8) is 0 Å². The number of hydrogen-bond donors (Lipinski definition) is 0. The minimum atomic E-state index is -0.250. The first kappa shape index (κ1) is 29.6. The van der Waals surface area contributed by atoms with E-state index < -0.39 is 0 Å². The molecule has 4 heteroatoms. The van der Waals surface area contributed by atoms with Crippen molar-refractivity contribution in [2.45, 2.75) is 60.9 Å². The zero-order chi connectivity index (χ0) is 17.1. The van der Waals surface area contributed by atoms with Gasteiger partial charge in [-0.1, -0.05) is 57.4 Å². The van der Waals surface area contributed by atoms with Crippen LogP contribution in [0.2, 0.25) is 0 Å². The van der Waals surface area contributed by atoms with E-state index in [2.05, 4.69) is 65.3 Å². The fourth-order valence-electron chi connectivity index (χ4n) is 2.79. The molecule has 0 fully saturated rings. The maximum Gasteiger partial charge on any atom is 2.00 e. The van der Waals surface area contributed by atoms with Gasteiger partial charge in [0.05, 0.1) is 0 Å². The smallest absolute Gasteiger partial charge is 0.673 e. The monoisotopic (exact) mass is 417 g/mol. The summed E-state index contributed by atoms with van der Waals surface area (Å²) in [4.78, 5) is 0. The third-order valence-electron chi connectivity index (χ3n) is 4.20. The second kappa shape index (κ2) is 12.3. The first-order chi connectivity index (χ1) is 10.1. The zero-order valence-electron chi connectivity index (χ0n) is 16.8. The van der Waals surface area contributed by atoms with E-state index in [4.69, 9.17) is 5.73 Å². The molecule has 0 radical (unpaired) electrons. The van der Waals surface area contributed by atoms with Gasteiger partial charge in [0, 0.05) is 0 Å². The van der Waals surface area contributed by atoms with Crippen LogP contribution in [-0.4, -0.2) is 5.54 Å². The number of allylic oxidation sites excluding steroid dienone is 4. The van der Waals surface area contributed by atoms with Gasteiger partial charge in [-0.15, -0.1) is 48.0 Å². The summed E-state index contributed by atoms with van der Waals surface area (Å²) in [7, 11) is 0. The van der Waals surface area contributed by atoms with Crippen molar-refractivity contribution in [1.29, 1.82) is 0 Å². The third-order valence-corrected chi connectivity index (χ3v) is 4.20. The molecule has 1 unspecified atom stereocenters. The topological polar surface area (TPSA) is 23.8 Å². The summed E-state index contributed by atoms with van der Waals surface area (Å²) < 4.78 is 0. The summed E-state index contributed by atoms with van der Waals surface area (Å²) >= 11 is 0. The Balaban J connectivity index is -0.000000539. The summed E-state index contributed by atoms with van der Waals surface area (Å²) in [6, 6.07) is 8.70. The number of nitrogens with one attached hydrogen (secondary N) is 1. The molecule has 1 aromatic carbocycles. The molecule has 0 aliphatic heterocycles. The van der Waals surface area contributed by atoms with E-state index in [0.717, 1.165) is 0 Å². The predicted molar refractivity (Wildman–Crippen MR) is 114 cm³/mol. The van der Waals surface area contributed by atoms with Crippen molar-refractivity contribution in [3.8, 4) is 0 Å². The first-order valence-electron chi connectivity index (χ1n) is 8.10. The first-order valence-corrected chi connectivity index (χ1v) is 8.10. The van der Waals surface area contributed by atoms with Crippen molar-refractivity contribution < 1.29 is 21.7 Å². The van der Waals surface area contributed by atoms with Crippen LogP contribution in [0.1, 0.15) is 66.5 Å². The summed E-state index contributed by atoms with van der Waals surface area (Å²) in [6.07, 6.45) is 2.20. The van der Waals surface area contributed by atoms with Crippen LogP contribution in [0, 0.1) is 12.3 Å². The maximum atomic E-state index is 6.94. The van der Waals surface area contributed by atoms with Gasteiger partial charge in [0.2, 0.25) is 0 Å². The van der Waals surface area contributed by atoms with Crippen LogP contribution in [0.25, 0.3) is 11.3 Å². The zero-order valence-corrected chi connectivity index (χ0v) is 20.0. The van der Waals surface area contributed by atoms with Crippen molar-refractivity contribution in [2.24, 2.45) is 5.92 Å². The minimum Gasteiger partial charge on any atom is -0.673 e. The summed E-state index contributed by atoms with van der Waals surface area (Å²) in [6.45, 7) is 16.7. The Bertz CT molecular complexity index is 592. The van der Waals surface area contributed by atoms with E-state index in [1.165, 1.54) is 33.4 Å². The van der Waals surface area contributed by atoms with Gasteiger partial charge in [0.15, 0.2) is 0 Å². The van der Waals surface area contributed by atoms with E-state index in [1.807, 2.05) is 20.8 Å². The van der Waals surface area contributed by atoms with Crippen LogP contribution in [-0.2, 0) is 21.7 Å². The van der Waals surface area contributed by atoms with Crippen molar-refractivity contribution >= 4 is 30.4 Å². The molecule has 0 heterocycles. The molecule has 1 nitrogen and oxygen atoms in total. The van der Waals surface area contributed by atoms with Crippen LogP contribution in [0.4, 0.5) is 0 Å². The Kier molecular flexibility index (Phi) is 14.5. The SMILES string of the molecule is CC(C)(C)[NH-].C[CH-]c1ccccc1C1=C(C)C(C)=C(C)C1C.Cl.Cl.[Ti+2]. The second-order valence-electron chi connectivity index (χ2n) is 7.19. The summed E-state index contributed by atoms with van der Waals surface area (Å²) in [5, 5.41) is 0.